The van der Waals surface area contributed by atoms with Gasteiger partial charge in [-0.2, -0.15) is 4.98 Å². The predicted octanol–water partition coefficient (Wildman–Crippen LogP) is 3.35. The maximum atomic E-state index is 13.6. The number of aromatic nitrogens is 5. The van der Waals surface area contributed by atoms with Gasteiger partial charge in [0, 0.05) is 18.1 Å². The van der Waals surface area contributed by atoms with Gasteiger partial charge in [0.2, 0.25) is 11.9 Å². The van der Waals surface area contributed by atoms with Crippen LogP contribution in [0.1, 0.15) is 11.1 Å². The zero-order valence-corrected chi connectivity index (χ0v) is 21.7. The third-order valence-electron chi connectivity index (χ3n) is 6.26. The molecule has 5 rings (SSSR count). The highest BCUT2D eigenvalue weighted by molar-refractivity contribution is 6.31. The Morgan fingerprint density at radius 2 is 1.59 bits per heavy atom. The molecule has 0 saturated carbocycles. The fraction of sp³-hybridized carbons (Fsp3) is 0.185. The van der Waals surface area contributed by atoms with Crippen molar-refractivity contribution in [2.24, 2.45) is 0 Å². The van der Waals surface area contributed by atoms with E-state index in [2.05, 4.69) is 15.3 Å². The summed E-state index contributed by atoms with van der Waals surface area (Å²) in [6.45, 7) is 0.792. The molecule has 2 aromatic heterocycles. The summed E-state index contributed by atoms with van der Waals surface area (Å²) in [5, 5.41) is 3.67. The molecule has 3 aromatic carbocycles. The Balaban J connectivity index is 1.46. The zero-order valence-electron chi connectivity index (χ0n) is 21.0. The van der Waals surface area contributed by atoms with Crippen molar-refractivity contribution in [3.63, 3.8) is 0 Å². The number of methoxy groups -OCH3 is 1. The fourth-order valence-electron chi connectivity index (χ4n) is 4.26. The molecule has 200 valence electrons. The van der Waals surface area contributed by atoms with Crippen molar-refractivity contribution in [2.45, 2.75) is 19.6 Å². The van der Waals surface area contributed by atoms with Crippen LogP contribution < -0.4 is 27.2 Å². The van der Waals surface area contributed by atoms with E-state index in [4.69, 9.17) is 22.1 Å². The lowest BCUT2D eigenvalue weighted by atomic mass is 10.2. The van der Waals surface area contributed by atoms with E-state index in [0.29, 0.717) is 40.9 Å². The first-order chi connectivity index (χ1) is 18.8. The first kappa shape index (κ1) is 26.0. The molecule has 0 aliphatic heterocycles. The number of halogens is 2. The molecule has 0 unspecified atom stereocenters. The Bertz CT molecular complexity index is 1750. The first-order valence-electron chi connectivity index (χ1n) is 12.1. The minimum atomic E-state index is -0.722. The number of fused-ring (bicyclic) bond motifs is 1. The highest BCUT2D eigenvalue weighted by atomic mass is 35.5. The van der Waals surface area contributed by atoms with Crippen molar-refractivity contribution in [1.82, 2.24) is 23.7 Å². The van der Waals surface area contributed by atoms with E-state index in [1.165, 1.54) is 28.8 Å². The summed E-state index contributed by atoms with van der Waals surface area (Å²) in [7, 11) is 1.57. The number of anilines is 2. The highest BCUT2D eigenvalue weighted by Gasteiger charge is 2.15. The second-order valence-corrected chi connectivity index (χ2v) is 9.27. The van der Waals surface area contributed by atoms with Crippen LogP contribution in [0.2, 0.25) is 5.02 Å². The lowest BCUT2D eigenvalue weighted by Crippen LogP contribution is -2.43. The maximum Gasteiger partial charge on any atom is 0.355 e. The topological polar surface area (TPSA) is 122 Å². The van der Waals surface area contributed by atoms with Gasteiger partial charge in [0.15, 0.2) is 0 Å². The van der Waals surface area contributed by atoms with E-state index in [1.54, 1.807) is 35.9 Å². The van der Waals surface area contributed by atoms with Gasteiger partial charge in [-0.15, -0.1) is 0 Å². The number of ether oxygens (including phenoxy) is 1. The summed E-state index contributed by atoms with van der Waals surface area (Å²) in [4.78, 5) is 35.0. The average molecular weight is 550 g/mol. The standard InChI is InChI=1S/C27H25ClFN7O3/c1-39-21-9-4-18(5-10-21)15-35-25(31-12-13-34-23-11-6-19(28)14-22(23)32-24(34)30)33-26(37)36(27(35)38)16-17-2-7-20(29)8-3-17/h2-11,14H,12-13,15-16H2,1H3,(H2,30,32)(H,31,33,37). The molecule has 5 aromatic rings. The third-order valence-corrected chi connectivity index (χ3v) is 6.50. The number of hydrogen-bond acceptors (Lipinski definition) is 7. The van der Waals surface area contributed by atoms with Crippen LogP contribution in [0.3, 0.4) is 0 Å². The number of benzene rings is 3. The minimum Gasteiger partial charge on any atom is -0.497 e. The number of nitrogen functional groups attached to an aromatic ring is 1. The Labute approximate surface area is 227 Å². The van der Waals surface area contributed by atoms with Gasteiger partial charge in [-0.05, 0) is 53.6 Å². The van der Waals surface area contributed by atoms with Crippen LogP contribution in [0.4, 0.5) is 16.3 Å². The Morgan fingerprint density at radius 1 is 0.923 bits per heavy atom. The van der Waals surface area contributed by atoms with Gasteiger partial charge in [-0.1, -0.05) is 35.9 Å². The maximum absolute atomic E-state index is 13.6. The molecule has 0 bridgehead atoms. The molecule has 0 saturated heterocycles. The third kappa shape index (κ3) is 5.63. The molecule has 0 radical (unpaired) electrons. The van der Waals surface area contributed by atoms with Gasteiger partial charge in [0.1, 0.15) is 11.6 Å². The van der Waals surface area contributed by atoms with Gasteiger partial charge in [0.25, 0.3) is 0 Å². The number of rotatable bonds is 9. The molecule has 0 aliphatic rings. The Kier molecular flexibility index (Phi) is 7.33. The first-order valence-corrected chi connectivity index (χ1v) is 12.4. The van der Waals surface area contributed by atoms with Gasteiger partial charge in [-0.3, -0.25) is 4.57 Å². The van der Waals surface area contributed by atoms with Crippen LogP contribution >= 0.6 is 11.6 Å². The lowest BCUT2D eigenvalue weighted by molar-refractivity contribution is 0.414. The quantitative estimate of drug-likeness (QED) is 0.289. The van der Waals surface area contributed by atoms with Crippen molar-refractivity contribution >= 4 is 34.5 Å². The van der Waals surface area contributed by atoms with Crippen LogP contribution in [0, 0.1) is 5.82 Å². The number of nitrogens with zero attached hydrogens (tertiary/aromatic N) is 5. The summed E-state index contributed by atoms with van der Waals surface area (Å²) in [5.41, 5.74) is 7.70. The molecular weight excluding hydrogens is 525 g/mol. The van der Waals surface area contributed by atoms with Gasteiger partial charge < -0.3 is 20.4 Å². The molecule has 12 heteroatoms. The molecule has 2 heterocycles. The fourth-order valence-corrected chi connectivity index (χ4v) is 4.43. The summed E-state index contributed by atoms with van der Waals surface area (Å²) >= 11 is 6.07. The average Bonchev–Trinajstić information content (AvgIpc) is 3.23. The largest absolute Gasteiger partial charge is 0.497 e. The highest BCUT2D eigenvalue weighted by Crippen LogP contribution is 2.21. The normalized spacial score (nSPS) is 11.2. The summed E-state index contributed by atoms with van der Waals surface area (Å²) in [6.07, 6.45) is 0. The summed E-state index contributed by atoms with van der Waals surface area (Å²) < 4.78 is 22.8. The SMILES string of the molecule is COc1ccc(Cn2c(NCCn3c(N)nc4cc(Cl)ccc43)nc(=O)n(Cc3ccc(F)cc3)c2=O)cc1. The van der Waals surface area contributed by atoms with Gasteiger partial charge >= 0.3 is 11.4 Å². The molecule has 0 fully saturated rings. The number of nitrogens with two attached hydrogens (primary N) is 1. The second-order valence-electron chi connectivity index (χ2n) is 8.83. The Morgan fingerprint density at radius 3 is 2.28 bits per heavy atom. The van der Waals surface area contributed by atoms with E-state index in [9.17, 15) is 14.0 Å². The smallest absolute Gasteiger partial charge is 0.355 e. The molecule has 10 nitrogen and oxygen atoms in total. The predicted molar refractivity (Wildman–Crippen MR) is 148 cm³/mol. The number of hydrogen-bond donors (Lipinski definition) is 2. The van der Waals surface area contributed by atoms with E-state index in [-0.39, 0.29) is 19.0 Å². The molecule has 3 N–H and O–H groups in total. The van der Waals surface area contributed by atoms with Crippen molar-refractivity contribution < 1.29 is 9.13 Å². The van der Waals surface area contributed by atoms with Crippen molar-refractivity contribution in [1.29, 1.82) is 0 Å². The number of imidazole rings is 1. The van der Waals surface area contributed by atoms with Crippen molar-refractivity contribution in [3.05, 3.63) is 110 Å². The lowest BCUT2D eigenvalue weighted by Gasteiger charge is -2.16. The molecule has 0 atom stereocenters. The van der Waals surface area contributed by atoms with Crippen LogP contribution in [0.15, 0.2) is 76.3 Å². The van der Waals surface area contributed by atoms with E-state index in [1.807, 2.05) is 18.2 Å². The molecule has 0 spiro atoms. The van der Waals surface area contributed by atoms with Crippen LogP contribution in [-0.2, 0) is 19.6 Å². The van der Waals surface area contributed by atoms with Crippen molar-refractivity contribution in [2.75, 3.05) is 24.7 Å². The summed E-state index contributed by atoms with van der Waals surface area (Å²) in [6, 6.07) is 18.1. The molecule has 39 heavy (non-hydrogen) atoms. The van der Waals surface area contributed by atoms with Gasteiger partial charge in [-0.25, -0.2) is 23.5 Å². The van der Waals surface area contributed by atoms with Gasteiger partial charge in [0.05, 0.1) is 31.2 Å². The molecule has 0 amide bonds. The molecular formula is C27H25ClFN7O3. The monoisotopic (exact) mass is 549 g/mol. The van der Waals surface area contributed by atoms with Crippen LogP contribution in [-0.4, -0.2) is 37.3 Å². The minimum absolute atomic E-state index is 0.0477. The Hall–Kier alpha value is -4.64. The number of nitrogens with one attached hydrogen (secondary N) is 1. The van der Waals surface area contributed by atoms with Crippen LogP contribution in [0.25, 0.3) is 11.0 Å². The zero-order chi connectivity index (χ0) is 27.5. The molecule has 0 aliphatic carbocycles. The van der Waals surface area contributed by atoms with E-state index < -0.39 is 17.2 Å². The van der Waals surface area contributed by atoms with Crippen molar-refractivity contribution in [3.8, 4) is 5.75 Å². The summed E-state index contributed by atoms with van der Waals surface area (Å²) in [5.74, 6) is 0.694. The second kappa shape index (κ2) is 11.0. The van der Waals surface area contributed by atoms with E-state index >= 15 is 0 Å². The van der Waals surface area contributed by atoms with E-state index in [0.717, 1.165) is 15.6 Å². The van der Waals surface area contributed by atoms with Crippen LogP contribution in [0.5, 0.6) is 5.75 Å².